The van der Waals surface area contributed by atoms with E-state index in [0.717, 1.165) is 25.7 Å². The first-order chi connectivity index (χ1) is 13.4. The molecule has 8 rings (SSSR count). The van der Waals surface area contributed by atoms with Gasteiger partial charge in [-0.25, -0.2) is 0 Å². The average Bonchev–Trinajstić information content (AvgIpc) is 3.28. The van der Waals surface area contributed by atoms with Crippen molar-refractivity contribution in [2.45, 2.75) is 31.5 Å². The highest BCUT2D eigenvalue weighted by molar-refractivity contribution is 5.53. The lowest BCUT2D eigenvalue weighted by atomic mass is 9.82. The van der Waals surface area contributed by atoms with Crippen molar-refractivity contribution < 1.29 is 4.57 Å². The Kier molecular flexibility index (Phi) is 1.92. The molecule has 4 aliphatic heterocycles. The van der Waals surface area contributed by atoms with Crippen molar-refractivity contribution in [3.05, 3.63) is 112 Å². The van der Waals surface area contributed by atoms with Crippen LogP contribution in [0.2, 0.25) is 0 Å². The maximum Gasteiger partial charge on any atom is 0.362 e. The van der Waals surface area contributed by atoms with Crippen LogP contribution in [0.4, 0.5) is 0 Å². The number of pyridine rings is 1. The van der Waals surface area contributed by atoms with E-state index in [1.807, 2.05) is 0 Å². The zero-order valence-corrected chi connectivity index (χ0v) is 14.9. The molecular weight excluding hydrogens is 330 g/mol. The topological polar surface area (TPSA) is 13.7 Å². The van der Waals surface area contributed by atoms with Gasteiger partial charge in [-0.1, -0.05) is 18.2 Å². The van der Waals surface area contributed by atoms with Crippen LogP contribution >= 0.6 is 0 Å². The molecule has 128 valence electrons. The highest BCUT2D eigenvalue weighted by atomic mass is 15.5. The molecule has 0 aliphatic carbocycles. The molecule has 3 aromatic heterocycles. The Balaban J connectivity index is 1.70. The summed E-state index contributed by atoms with van der Waals surface area (Å²) in [5, 5.41) is 0. The van der Waals surface area contributed by atoms with Crippen molar-refractivity contribution in [3.8, 4) is 0 Å². The molecular formula is C24H18N3+. The Bertz CT molecular complexity index is 1150. The fraction of sp³-hybridized carbons (Fsp3) is 0.208. The Labute approximate surface area is 157 Å². The van der Waals surface area contributed by atoms with Crippen LogP contribution in [0.15, 0.2) is 60.7 Å². The van der Waals surface area contributed by atoms with Gasteiger partial charge < -0.3 is 0 Å². The standard InChI is InChI=1S/C24H18N3/c1-3-15-11-19-7-9-21-13-17-5-2-6-18-14-22-10-8-20-12-16(4-1)23(15)24(25(17)18,26(19)21)27(20)22/h1-10H,11-14H2/q+1. The molecule has 4 aliphatic rings. The number of aromatic nitrogens is 3. The molecule has 3 heteroatoms. The Morgan fingerprint density at radius 3 is 1.63 bits per heavy atom. The molecule has 0 fully saturated rings. The molecule has 0 bridgehead atoms. The zero-order chi connectivity index (χ0) is 17.3. The van der Waals surface area contributed by atoms with Gasteiger partial charge in [0, 0.05) is 47.8 Å². The van der Waals surface area contributed by atoms with Crippen LogP contribution in [0.3, 0.4) is 0 Å². The largest absolute Gasteiger partial charge is 0.362 e. The lowest BCUT2D eigenvalue weighted by molar-refractivity contribution is -0.786. The van der Waals surface area contributed by atoms with Gasteiger partial charge in [0.1, 0.15) is 0 Å². The first-order valence-corrected chi connectivity index (χ1v) is 9.90. The summed E-state index contributed by atoms with van der Waals surface area (Å²) in [5.41, 5.74) is 13.1. The number of nitrogens with zero attached hydrogens (tertiary/aromatic N) is 3. The summed E-state index contributed by atoms with van der Waals surface area (Å²) in [5.74, 6) is -0.285. The number of hydrogen-bond donors (Lipinski definition) is 0. The second kappa shape index (κ2) is 3.94. The molecule has 3 nitrogen and oxygen atoms in total. The fourth-order valence-corrected chi connectivity index (χ4v) is 6.46. The molecule has 0 amide bonds. The Morgan fingerprint density at radius 1 is 0.593 bits per heavy atom. The first kappa shape index (κ1) is 13.2. The predicted octanol–water partition coefficient (Wildman–Crippen LogP) is 2.95. The smallest absolute Gasteiger partial charge is 0.264 e. The molecule has 0 unspecified atom stereocenters. The van der Waals surface area contributed by atoms with Crippen LogP contribution in [0.1, 0.15) is 50.9 Å². The van der Waals surface area contributed by atoms with Crippen LogP contribution in [-0.4, -0.2) is 9.13 Å². The van der Waals surface area contributed by atoms with Gasteiger partial charge in [-0.15, -0.1) is 0 Å². The summed E-state index contributed by atoms with van der Waals surface area (Å²) in [6.45, 7) is 0. The van der Waals surface area contributed by atoms with E-state index < -0.39 is 0 Å². The zero-order valence-electron chi connectivity index (χ0n) is 14.9. The Hall–Kier alpha value is -3.07. The van der Waals surface area contributed by atoms with Crippen molar-refractivity contribution in [2.75, 3.05) is 0 Å². The van der Waals surface area contributed by atoms with E-state index in [1.165, 1.54) is 50.9 Å². The second-order valence-electron chi connectivity index (χ2n) is 8.44. The molecule has 0 saturated heterocycles. The predicted molar refractivity (Wildman–Crippen MR) is 101 cm³/mol. The summed E-state index contributed by atoms with van der Waals surface area (Å²) < 4.78 is 8.00. The van der Waals surface area contributed by atoms with Gasteiger partial charge in [0.05, 0.1) is 18.4 Å². The highest BCUT2D eigenvalue weighted by Crippen LogP contribution is 2.48. The number of hydrogen-bond acceptors (Lipinski definition) is 0. The van der Waals surface area contributed by atoms with Gasteiger partial charge >= 0.3 is 5.79 Å². The van der Waals surface area contributed by atoms with Gasteiger partial charge in [0.2, 0.25) is 0 Å². The maximum absolute atomic E-state index is 2.67. The first-order valence-electron chi connectivity index (χ1n) is 9.90. The van der Waals surface area contributed by atoms with Crippen LogP contribution in [-0.2, 0) is 31.5 Å². The van der Waals surface area contributed by atoms with E-state index in [-0.39, 0.29) is 5.79 Å². The van der Waals surface area contributed by atoms with Gasteiger partial charge in [-0.2, -0.15) is 4.57 Å². The molecule has 0 N–H and O–H groups in total. The third-order valence-electron chi connectivity index (χ3n) is 7.21. The van der Waals surface area contributed by atoms with Crippen molar-refractivity contribution >= 4 is 0 Å². The summed E-state index contributed by atoms with van der Waals surface area (Å²) >= 11 is 0. The lowest BCUT2D eigenvalue weighted by Crippen LogP contribution is -2.75. The summed E-state index contributed by atoms with van der Waals surface area (Å²) in [6, 6.07) is 23.3. The quantitative estimate of drug-likeness (QED) is 0.374. The molecule has 0 atom stereocenters. The van der Waals surface area contributed by atoms with Gasteiger partial charge in [-0.05, 0) is 41.5 Å². The second-order valence-corrected chi connectivity index (χ2v) is 8.44. The summed E-state index contributed by atoms with van der Waals surface area (Å²) in [4.78, 5) is 0. The van der Waals surface area contributed by atoms with Crippen LogP contribution in [0.25, 0.3) is 0 Å². The molecule has 27 heavy (non-hydrogen) atoms. The lowest BCUT2D eigenvalue weighted by Gasteiger charge is -2.48. The van der Waals surface area contributed by atoms with E-state index in [9.17, 15) is 0 Å². The molecule has 7 heterocycles. The fourth-order valence-electron chi connectivity index (χ4n) is 6.46. The average molecular weight is 348 g/mol. The van der Waals surface area contributed by atoms with Gasteiger partial charge in [0.25, 0.3) is 0 Å². The van der Waals surface area contributed by atoms with Crippen molar-refractivity contribution in [1.82, 2.24) is 9.13 Å². The van der Waals surface area contributed by atoms with Crippen molar-refractivity contribution in [2.24, 2.45) is 0 Å². The van der Waals surface area contributed by atoms with E-state index in [0.29, 0.717) is 0 Å². The van der Waals surface area contributed by atoms with Gasteiger partial charge in [-0.3, -0.25) is 9.13 Å². The molecule has 1 spiro atoms. The molecule has 1 aromatic carbocycles. The van der Waals surface area contributed by atoms with E-state index in [4.69, 9.17) is 0 Å². The SMILES string of the molecule is c1cc2c3c(c1)Cc1ccc4n1C31n3c(ccc3Cc3cccc([n+]31)C4)C2. The monoisotopic (exact) mass is 348 g/mol. The molecule has 0 saturated carbocycles. The Morgan fingerprint density at radius 2 is 1.07 bits per heavy atom. The van der Waals surface area contributed by atoms with Crippen LogP contribution < -0.4 is 4.57 Å². The third kappa shape index (κ3) is 1.21. The minimum atomic E-state index is -0.285. The van der Waals surface area contributed by atoms with E-state index in [1.54, 1.807) is 0 Å². The molecule has 4 aromatic rings. The van der Waals surface area contributed by atoms with Gasteiger partial charge in [0.15, 0.2) is 11.4 Å². The summed E-state index contributed by atoms with van der Waals surface area (Å²) in [7, 11) is 0. The minimum Gasteiger partial charge on any atom is -0.264 e. The third-order valence-corrected chi connectivity index (χ3v) is 7.21. The highest BCUT2D eigenvalue weighted by Gasteiger charge is 2.61. The summed E-state index contributed by atoms with van der Waals surface area (Å²) in [6.07, 6.45) is 4.10. The minimum absolute atomic E-state index is 0.285. The van der Waals surface area contributed by atoms with Crippen molar-refractivity contribution in [3.63, 3.8) is 0 Å². The van der Waals surface area contributed by atoms with Crippen LogP contribution in [0, 0.1) is 0 Å². The maximum atomic E-state index is 2.67. The van der Waals surface area contributed by atoms with Crippen LogP contribution in [0.5, 0.6) is 0 Å². The van der Waals surface area contributed by atoms with E-state index >= 15 is 0 Å². The van der Waals surface area contributed by atoms with Crippen molar-refractivity contribution in [1.29, 1.82) is 0 Å². The molecule has 0 radical (unpaired) electrons. The normalized spacial score (nSPS) is 18.1. The number of benzene rings is 1. The van der Waals surface area contributed by atoms with E-state index in [2.05, 4.69) is 74.4 Å². The number of rotatable bonds is 0.